The van der Waals surface area contributed by atoms with E-state index in [2.05, 4.69) is 5.32 Å². The van der Waals surface area contributed by atoms with Crippen LogP contribution >= 0.6 is 0 Å². The number of hydrogen-bond acceptors (Lipinski definition) is 4. The summed E-state index contributed by atoms with van der Waals surface area (Å²) in [7, 11) is 1.42. The van der Waals surface area contributed by atoms with Crippen LogP contribution in [0.25, 0.3) is 0 Å². The number of ether oxygens (including phenoxy) is 1. The molecule has 6 nitrogen and oxygen atoms in total. The molecular formula is C12H14F2N2O4. The van der Waals surface area contributed by atoms with Crippen molar-refractivity contribution in [3.05, 3.63) is 39.4 Å². The largest absolute Gasteiger partial charge is 0.382 e. The zero-order chi connectivity index (χ0) is 15.5. The van der Waals surface area contributed by atoms with Gasteiger partial charge in [-0.3, -0.25) is 14.9 Å². The molecule has 20 heavy (non-hydrogen) atoms. The predicted octanol–water partition coefficient (Wildman–Crippen LogP) is 2.03. The number of nitro groups is 1. The normalized spacial score (nSPS) is 11.2. The average Bonchev–Trinajstić information content (AvgIpc) is 2.30. The molecule has 0 aliphatic heterocycles. The molecule has 0 heterocycles. The molecule has 1 aromatic rings. The molecule has 1 N–H and O–H groups in total. The van der Waals surface area contributed by atoms with Gasteiger partial charge in [-0.25, -0.2) is 8.78 Å². The Morgan fingerprint density at radius 2 is 1.95 bits per heavy atom. The van der Waals surface area contributed by atoms with Gasteiger partial charge < -0.3 is 10.1 Å². The Labute approximate surface area is 113 Å². The molecule has 0 fully saturated rings. The number of carbonyl (C=O) groups is 1. The lowest BCUT2D eigenvalue weighted by molar-refractivity contribution is -0.385. The Balaban J connectivity index is 3.15. The van der Waals surface area contributed by atoms with Crippen molar-refractivity contribution in [2.75, 3.05) is 13.7 Å². The van der Waals surface area contributed by atoms with Crippen molar-refractivity contribution in [1.82, 2.24) is 5.32 Å². The molecule has 0 aliphatic rings. The number of nitrogens with zero attached hydrogens (tertiary/aromatic N) is 1. The maximum Gasteiger partial charge on any atom is 0.285 e. The van der Waals surface area contributed by atoms with E-state index in [1.165, 1.54) is 7.11 Å². The van der Waals surface area contributed by atoms with Gasteiger partial charge in [0.2, 0.25) is 0 Å². The van der Waals surface area contributed by atoms with Crippen LogP contribution in [0.15, 0.2) is 12.1 Å². The van der Waals surface area contributed by atoms with Crippen LogP contribution < -0.4 is 5.32 Å². The van der Waals surface area contributed by atoms with Gasteiger partial charge in [0.1, 0.15) is 5.56 Å². The van der Waals surface area contributed by atoms with Gasteiger partial charge in [0.05, 0.1) is 23.1 Å². The second-order valence-corrected chi connectivity index (χ2v) is 4.81. The van der Waals surface area contributed by atoms with Gasteiger partial charge in [-0.15, -0.1) is 0 Å². The monoisotopic (exact) mass is 288 g/mol. The van der Waals surface area contributed by atoms with E-state index < -0.39 is 39.3 Å². The third-order valence-corrected chi connectivity index (χ3v) is 2.44. The Morgan fingerprint density at radius 3 is 2.45 bits per heavy atom. The van der Waals surface area contributed by atoms with E-state index in [1.54, 1.807) is 13.8 Å². The molecule has 1 aromatic carbocycles. The summed E-state index contributed by atoms with van der Waals surface area (Å²) in [4.78, 5) is 21.8. The van der Waals surface area contributed by atoms with Gasteiger partial charge in [0.15, 0.2) is 11.6 Å². The third-order valence-electron chi connectivity index (χ3n) is 2.44. The zero-order valence-corrected chi connectivity index (χ0v) is 11.2. The Kier molecular flexibility index (Phi) is 4.72. The molecule has 0 aliphatic carbocycles. The van der Waals surface area contributed by atoms with Gasteiger partial charge in [-0.2, -0.15) is 0 Å². The second kappa shape index (κ2) is 5.91. The highest BCUT2D eigenvalue weighted by Gasteiger charge is 2.28. The predicted molar refractivity (Wildman–Crippen MR) is 66.4 cm³/mol. The van der Waals surface area contributed by atoms with E-state index >= 15 is 0 Å². The molecule has 110 valence electrons. The maximum atomic E-state index is 13.2. The fourth-order valence-corrected chi connectivity index (χ4v) is 1.64. The van der Waals surface area contributed by atoms with Crippen LogP contribution in [0.4, 0.5) is 14.5 Å². The molecular weight excluding hydrogens is 274 g/mol. The number of carbonyl (C=O) groups excluding carboxylic acids is 1. The summed E-state index contributed by atoms with van der Waals surface area (Å²) in [5.41, 5.74) is -2.16. The van der Waals surface area contributed by atoms with Crippen LogP contribution in [-0.2, 0) is 4.74 Å². The Hall–Kier alpha value is -2.09. The molecule has 1 amide bonds. The molecule has 0 spiro atoms. The van der Waals surface area contributed by atoms with E-state index in [4.69, 9.17) is 4.74 Å². The topological polar surface area (TPSA) is 81.5 Å². The lowest BCUT2D eigenvalue weighted by Crippen LogP contribution is -2.46. The fraction of sp³-hybridized carbons (Fsp3) is 0.417. The Morgan fingerprint density at radius 1 is 1.40 bits per heavy atom. The smallest absolute Gasteiger partial charge is 0.285 e. The number of hydrogen-bond donors (Lipinski definition) is 1. The molecule has 0 aromatic heterocycles. The summed E-state index contributed by atoms with van der Waals surface area (Å²) in [5.74, 6) is -3.59. The van der Waals surface area contributed by atoms with Crippen molar-refractivity contribution in [1.29, 1.82) is 0 Å². The Bertz CT molecular complexity index is 547. The maximum absolute atomic E-state index is 13.2. The molecule has 8 heteroatoms. The highest BCUT2D eigenvalue weighted by atomic mass is 19.2. The summed E-state index contributed by atoms with van der Waals surface area (Å²) in [6.07, 6.45) is 0. The molecule has 0 bridgehead atoms. The van der Waals surface area contributed by atoms with Crippen LogP contribution in [0.2, 0.25) is 0 Å². The number of rotatable bonds is 5. The second-order valence-electron chi connectivity index (χ2n) is 4.81. The summed E-state index contributed by atoms with van der Waals surface area (Å²) in [5, 5.41) is 13.3. The minimum Gasteiger partial charge on any atom is -0.382 e. The molecule has 0 unspecified atom stereocenters. The number of methoxy groups -OCH3 is 1. The van der Waals surface area contributed by atoms with Crippen LogP contribution in [0, 0.1) is 21.7 Å². The molecule has 0 saturated heterocycles. The number of halogens is 2. The third kappa shape index (κ3) is 3.70. The number of benzene rings is 1. The van der Waals surface area contributed by atoms with Crippen LogP contribution in [0.3, 0.4) is 0 Å². The van der Waals surface area contributed by atoms with E-state index in [1.807, 2.05) is 0 Å². The minimum absolute atomic E-state index is 0.149. The highest BCUT2D eigenvalue weighted by Crippen LogP contribution is 2.22. The van der Waals surface area contributed by atoms with E-state index in [9.17, 15) is 23.7 Å². The summed E-state index contributed by atoms with van der Waals surface area (Å²) in [6, 6.07) is 0.888. The van der Waals surface area contributed by atoms with Gasteiger partial charge >= 0.3 is 0 Å². The van der Waals surface area contributed by atoms with E-state index in [0.717, 1.165) is 0 Å². The summed E-state index contributed by atoms with van der Waals surface area (Å²) < 4.78 is 31.1. The number of amides is 1. The first-order valence-electron chi connectivity index (χ1n) is 5.63. The van der Waals surface area contributed by atoms with E-state index in [0.29, 0.717) is 12.1 Å². The summed E-state index contributed by atoms with van der Waals surface area (Å²) >= 11 is 0. The summed E-state index contributed by atoms with van der Waals surface area (Å²) in [6.45, 7) is 3.40. The molecule has 0 radical (unpaired) electrons. The standard InChI is InChI=1S/C12H14F2N2O4/c1-12(2,6-20-3)15-11(17)7-4-8(13)9(14)5-10(7)16(18)19/h4-5H,6H2,1-3H3,(H,15,17). The molecule has 1 rings (SSSR count). The quantitative estimate of drug-likeness (QED) is 0.664. The van der Waals surface area contributed by atoms with Crippen molar-refractivity contribution < 1.29 is 23.2 Å². The van der Waals surface area contributed by atoms with Gasteiger partial charge in [-0.05, 0) is 19.9 Å². The zero-order valence-electron chi connectivity index (χ0n) is 11.2. The fourth-order valence-electron chi connectivity index (χ4n) is 1.64. The first-order valence-corrected chi connectivity index (χ1v) is 5.63. The SMILES string of the molecule is COCC(C)(C)NC(=O)c1cc(F)c(F)cc1[N+](=O)[O-]. The van der Waals surface area contributed by atoms with Crippen molar-refractivity contribution in [2.45, 2.75) is 19.4 Å². The first-order chi connectivity index (χ1) is 9.18. The first kappa shape index (κ1) is 16.0. The number of nitro benzene ring substituents is 1. The van der Waals surface area contributed by atoms with Crippen molar-refractivity contribution in [3.8, 4) is 0 Å². The van der Waals surface area contributed by atoms with Crippen molar-refractivity contribution in [2.24, 2.45) is 0 Å². The highest BCUT2D eigenvalue weighted by molar-refractivity contribution is 5.98. The van der Waals surface area contributed by atoms with Crippen molar-refractivity contribution >= 4 is 11.6 Å². The lowest BCUT2D eigenvalue weighted by Gasteiger charge is -2.25. The van der Waals surface area contributed by atoms with Gasteiger partial charge in [0.25, 0.3) is 11.6 Å². The van der Waals surface area contributed by atoms with Crippen molar-refractivity contribution in [3.63, 3.8) is 0 Å². The number of nitrogens with one attached hydrogen (secondary N) is 1. The average molecular weight is 288 g/mol. The van der Waals surface area contributed by atoms with Gasteiger partial charge in [0, 0.05) is 7.11 Å². The van der Waals surface area contributed by atoms with Gasteiger partial charge in [-0.1, -0.05) is 0 Å². The molecule has 0 atom stereocenters. The van der Waals surface area contributed by atoms with Crippen LogP contribution in [0.5, 0.6) is 0 Å². The lowest BCUT2D eigenvalue weighted by atomic mass is 10.1. The van der Waals surface area contributed by atoms with Crippen LogP contribution in [0.1, 0.15) is 24.2 Å². The molecule has 0 saturated carbocycles. The van der Waals surface area contributed by atoms with E-state index in [-0.39, 0.29) is 6.61 Å². The minimum atomic E-state index is -1.38. The van der Waals surface area contributed by atoms with Crippen LogP contribution in [-0.4, -0.2) is 30.1 Å².